The Morgan fingerprint density at radius 1 is 0.582 bits per heavy atom. The predicted molar refractivity (Wildman–Crippen MR) is 219 cm³/mol. The molecular weight excluding hydrogens is 856 g/mol. The molecule has 0 atom stereocenters. The topological polar surface area (TPSA) is 62.6 Å². The molecule has 7 heteroatoms. The zero-order chi connectivity index (χ0) is 35.8. The fourth-order valence-corrected chi connectivity index (χ4v) is 8.13. The molecule has 0 aliphatic rings. The number of para-hydroxylation sites is 4. The van der Waals surface area contributed by atoms with Crippen molar-refractivity contribution >= 4 is 54.6 Å². The molecule has 0 fully saturated rings. The molecule has 0 amide bonds. The van der Waals surface area contributed by atoms with Crippen LogP contribution in [0.25, 0.3) is 99.8 Å². The van der Waals surface area contributed by atoms with Crippen molar-refractivity contribution in [2.45, 2.75) is 6.92 Å². The van der Waals surface area contributed by atoms with E-state index in [2.05, 4.69) is 148 Å². The van der Waals surface area contributed by atoms with Crippen LogP contribution in [0.5, 0.6) is 0 Å². The van der Waals surface area contributed by atoms with Crippen molar-refractivity contribution < 1.29 is 21.1 Å². The molecule has 262 valence electrons. The number of benzene rings is 6. The summed E-state index contributed by atoms with van der Waals surface area (Å²) < 4.78 is 4.50. The zero-order valence-corrected chi connectivity index (χ0v) is 31.9. The third-order valence-electron chi connectivity index (χ3n) is 10.6. The average Bonchev–Trinajstić information content (AvgIpc) is 3.91. The molecule has 0 N–H and O–H groups in total. The van der Waals surface area contributed by atoms with Gasteiger partial charge in [-0.3, -0.25) is 9.55 Å². The minimum atomic E-state index is 0. The van der Waals surface area contributed by atoms with Gasteiger partial charge in [0.1, 0.15) is 11.6 Å². The Morgan fingerprint density at radius 2 is 1.36 bits per heavy atom. The Balaban J connectivity index is 0.00000372. The molecule has 0 unspecified atom stereocenters. The van der Waals surface area contributed by atoms with Crippen molar-refractivity contribution in [1.29, 1.82) is 0 Å². The van der Waals surface area contributed by atoms with E-state index in [1.54, 1.807) is 0 Å². The van der Waals surface area contributed by atoms with Gasteiger partial charge in [0.15, 0.2) is 0 Å². The Kier molecular flexibility index (Phi) is 7.82. The number of aromatic nitrogens is 6. The summed E-state index contributed by atoms with van der Waals surface area (Å²) in [5.74, 6) is 1.69. The molecule has 55 heavy (non-hydrogen) atoms. The molecule has 0 radical (unpaired) electrons. The van der Waals surface area contributed by atoms with Crippen molar-refractivity contribution in [3.63, 3.8) is 0 Å². The van der Waals surface area contributed by atoms with Gasteiger partial charge in [0, 0.05) is 35.4 Å². The van der Waals surface area contributed by atoms with Gasteiger partial charge in [0.25, 0.3) is 0 Å². The van der Waals surface area contributed by atoms with Crippen molar-refractivity contribution in [3.05, 3.63) is 176 Å². The smallest absolute Gasteiger partial charge is 0.656 e. The van der Waals surface area contributed by atoms with E-state index in [4.69, 9.17) is 15.0 Å². The maximum Gasteiger partial charge on any atom is 2.00 e. The Labute approximate surface area is 331 Å². The van der Waals surface area contributed by atoms with Crippen LogP contribution < -0.4 is 4.98 Å². The van der Waals surface area contributed by atoms with Crippen molar-refractivity contribution in [2.24, 2.45) is 0 Å². The van der Waals surface area contributed by atoms with Crippen molar-refractivity contribution in [2.75, 3.05) is 0 Å². The summed E-state index contributed by atoms with van der Waals surface area (Å²) in [6, 6.07) is 54.7. The molecule has 0 aliphatic carbocycles. The van der Waals surface area contributed by atoms with E-state index in [1.807, 2.05) is 42.9 Å². The predicted octanol–water partition coefficient (Wildman–Crippen LogP) is 11.3. The monoisotopic (exact) mass is 885 g/mol. The number of hydrogen-bond donors (Lipinski definition) is 0. The van der Waals surface area contributed by atoms with Gasteiger partial charge >= 0.3 is 21.1 Å². The first-order valence-corrected chi connectivity index (χ1v) is 18.1. The first kappa shape index (κ1) is 33.0. The summed E-state index contributed by atoms with van der Waals surface area (Å²) in [5, 5.41) is 4.52. The zero-order valence-electron chi connectivity index (χ0n) is 29.6. The molecule has 0 spiro atoms. The molecule has 11 aromatic rings. The van der Waals surface area contributed by atoms with E-state index in [0.29, 0.717) is 0 Å². The first-order valence-electron chi connectivity index (χ1n) is 18.1. The number of fused-ring (bicyclic) bond motifs is 7. The third kappa shape index (κ3) is 5.17. The van der Waals surface area contributed by atoms with Gasteiger partial charge in [0.2, 0.25) is 0 Å². The number of imidazole rings is 1. The molecule has 11 rings (SSSR count). The van der Waals surface area contributed by atoms with E-state index in [1.165, 1.54) is 11.1 Å². The van der Waals surface area contributed by atoms with Crippen LogP contribution in [0.2, 0.25) is 0 Å². The van der Waals surface area contributed by atoms with Gasteiger partial charge in [-0.1, -0.05) is 95.9 Å². The van der Waals surface area contributed by atoms with Crippen LogP contribution in [0.3, 0.4) is 0 Å². The molecule has 0 saturated carbocycles. The van der Waals surface area contributed by atoms with Crippen LogP contribution >= 0.6 is 0 Å². The third-order valence-corrected chi connectivity index (χ3v) is 10.6. The van der Waals surface area contributed by atoms with E-state index in [0.717, 1.165) is 94.2 Å². The summed E-state index contributed by atoms with van der Waals surface area (Å²) in [6.45, 7) is 2.17. The minimum absolute atomic E-state index is 0. The Morgan fingerprint density at radius 3 is 2.22 bits per heavy atom. The number of nitrogens with zero attached hydrogens (tertiary/aromatic N) is 6. The van der Waals surface area contributed by atoms with Gasteiger partial charge in [-0.2, -0.15) is 0 Å². The maximum atomic E-state index is 5.49. The van der Waals surface area contributed by atoms with Crippen LogP contribution in [0, 0.1) is 13.0 Å². The second-order valence-electron chi connectivity index (χ2n) is 13.7. The molecular formula is C48H30N6Pt. The molecule has 0 saturated heterocycles. The van der Waals surface area contributed by atoms with E-state index < -0.39 is 0 Å². The van der Waals surface area contributed by atoms with Crippen molar-refractivity contribution in [3.8, 4) is 45.1 Å². The van der Waals surface area contributed by atoms with Crippen LogP contribution in [0.4, 0.5) is 0 Å². The van der Waals surface area contributed by atoms with Crippen LogP contribution in [0.1, 0.15) is 5.56 Å². The number of rotatable bonds is 5. The summed E-state index contributed by atoms with van der Waals surface area (Å²) in [4.78, 5) is 19.7. The van der Waals surface area contributed by atoms with Crippen LogP contribution in [0.15, 0.2) is 164 Å². The summed E-state index contributed by atoms with van der Waals surface area (Å²) >= 11 is 0. The largest absolute Gasteiger partial charge is 2.00 e. The van der Waals surface area contributed by atoms with Gasteiger partial charge in [-0.25, -0.2) is 9.97 Å². The Bertz CT molecular complexity index is 3220. The first-order chi connectivity index (χ1) is 26.7. The summed E-state index contributed by atoms with van der Waals surface area (Å²) in [7, 11) is 0. The fraction of sp³-hybridized carbons (Fsp3) is 0.0208. The van der Waals surface area contributed by atoms with Crippen molar-refractivity contribution in [1.82, 2.24) is 29.1 Å². The van der Waals surface area contributed by atoms with Gasteiger partial charge in [-0.05, 0) is 93.8 Å². The minimum Gasteiger partial charge on any atom is -0.656 e. The quantitative estimate of drug-likeness (QED) is 0.162. The van der Waals surface area contributed by atoms with E-state index in [9.17, 15) is 0 Å². The van der Waals surface area contributed by atoms with E-state index in [-0.39, 0.29) is 21.1 Å². The van der Waals surface area contributed by atoms with Crippen LogP contribution in [-0.2, 0) is 21.1 Å². The standard InChI is InChI=1S/C48H30N6.Pt/c1-30-27-43-40(29-39(30)31-22-25-49-26-23-31)36-21-20-32(28-44(36)54(43)45-19-7-8-24-50-45)34-14-10-18-42-47(34)52-48(53(42)33-11-3-2-4-12-33)38-16-9-15-37-35-13-5-6-17-41(35)51-46(37)38;/h2-27,29H,1H3;/q-2;+2. The van der Waals surface area contributed by atoms with Gasteiger partial charge in [-0.15, -0.1) is 34.8 Å². The van der Waals surface area contributed by atoms with E-state index >= 15 is 0 Å². The molecule has 5 heterocycles. The normalized spacial score (nSPS) is 11.6. The molecule has 0 bridgehead atoms. The van der Waals surface area contributed by atoms with Gasteiger partial charge < -0.3 is 9.55 Å². The average molecular weight is 886 g/mol. The number of aryl methyl sites for hydroxylation is 1. The summed E-state index contributed by atoms with van der Waals surface area (Å²) in [5.41, 5.74) is 13.4. The molecule has 5 aromatic heterocycles. The second kappa shape index (κ2) is 13.0. The second-order valence-corrected chi connectivity index (χ2v) is 13.7. The molecule has 0 aliphatic heterocycles. The molecule has 6 aromatic carbocycles. The number of hydrogen-bond acceptors (Lipinski definition) is 3. The van der Waals surface area contributed by atoms with Gasteiger partial charge in [0.05, 0.1) is 11.0 Å². The number of pyridine rings is 2. The Hall–Kier alpha value is -6.62. The van der Waals surface area contributed by atoms with Crippen LogP contribution in [-0.4, -0.2) is 24.1 Å². The fourth-order valence-electron chi connectivity index (χ4n) is 8.13. The summed E-state index contributed by atoms with van der Waals surface area (Å²) in [6.07, 6.45) is 5.54. The molecule has 6 nitrogen and oxygen atoms in total. The maximum absolute atomic E-state index is 5.49. The SMILES string of the molecule is Cc1cc2c(cc1-c1ccncc1)c1ccc(-c3cccc4c3nc(-c3cccc5c3[n-]c3ccccc35)n4-c3ccccc3)[c-]c1n2-c1ccccn1.[Pt+2].